The summed E-state index contributed by atoms with van der Waals surface area (Å²) in [6.07, 6.45) is 5.32. The summed E-state index contributed by atoms with van der Waals surface area (Å²) in [5.41, 5.74) is 3.89. The van der Waals surface area contributed by atoms with Crippen molar-refractivity contribution in [3.8, 4) is 17.7 Å². The molecule has 1 fully saturated rings. The van der Waals surface area contributed by atoms with Crippen LogP contribution in [0.2, 0.25) is 5.02 Å². The summed E-state index contributed by atoms with van der Waals surface area (Å²) in [6, 6.07) is 17.7. The smallest absolute Gasteiger partial charge is 0.335 e. The highest BCUT2D eigenvalue weighted by atomic mass is 35.5. The standard InChI is InChI=1S/C33H32ClN7O4/c1-2-40-21-36-17-26(40)18-41-29-15-22(33(42)43)6-8-28(29)38-31(41)19-39-12-10-27(11-13-39)45-32-5-3-4-25(37-32)20-44-30-9-7-24(34)14-23(30)16-35/h3-9,14-15,17,21,27H,2,10-13,18-20H2,1H3,(H,42,43). The van der Waals surface area contributed by atoms with Crippen LogP contribution >= 0.6 is 11.6 Å². The number of ether oxygens (including phenoxy) is 2. The number of aromatic carboxylic acids is 1. The highest BCUT2D eigenvalue weighted by Crippen LogP contribution is 2.25. The maximum absolute atomic E-state index is 11.7. The van der Waals surface area contributed by atoms with E-state index in [4.69, 9.17) is 26.1 Å². The van der Waals surface area contributed by atoms with E-state index in [-0.39, 0.29) is 18.3 Å². The molecule has 1 aliphatic heterocycles. The summed E-state index contributed by atoms with van der Waals surface area (Å²) in [5, 5.41) is 19.4. The normalized spacial score (nSPS) is 14.0. The lowest BCUT2D eigenvalue weighted by Gasteiger charge is -2.31. The molecule has 45 heavy (non-hydrogen) atoms. The van der Waals surface area contributed by atoms with Crippen LogP contribution in [0.25, 0.3) is 11.0 Å². The van der Waals surface area contributed by atoms with Gasteiger partial charge in [0, 0.05) is 36.9 Å². The molecule has 0 aliphatic carbocycles. The van der Waals surface area contributed by atoms with E-state index in [1.165, 1.54) is 0 Å². The van der Waals surface area contributed by atoms with E-state index >= 15 is 0 Å². The van der Waals surface area contributed by atoms with Gasteiger partial charge in [0.1, 0.15) is 30.4 Å². The van der Waals surface area contributed by atoms with E-state index in [9.17, 15) is 15.2 Å². The molecule has 2 aromatic carbocycles. The molecule has 0 saturated carbocycles. The number of imidazole rings is 2. The van der Waals surface area contributed by atoms with Crippen molar-refractivity contribution in [1.82, 2.24) is 29.0 Å². The first-order valence-electron chi connectivity index (χ1n) is 14.8. The molecule has 6 rings (SSSR count). The molecule has 4 heterocycles. The van der Waals surface area contributed by atoms with Crippen molar-refractivity contribution >= 4 is 28.6 Å². The van der Waals surface area contributed by atoms with Crippen LogP contribution in [0.5, 0.6) is 11.6 Å². The Balaban J connectivity index is 1.10. The van der Waals surface area contributed by atoms with E-state index in [0.717, 1.165) is 55.0 Å². The number of carboxylic acids is 1. The first-order valence-corrected chi connectivity index (χ1v) is 15.2. The molecule has 0 radical (unpaired) electrons. The zero-order chi connectivity index (χ0) is 31.3. The lowest BCUT2D eigenvalue weighted by Crippen LogP contribution is -2.38. The van der Waals surface area contributed by atoms with Gasteiger partial charge in [-0.2, -0.15) is 5.26 Å². The second-order valence-electron chi connectivity index (χ2n) is 10.9. The molecule has 230 valence electrons. The summed E-state index contributed by atoms with van der Waals surface area (Å²) < 4.78 is 16.3. The fourth-order valence-electron chi connectivity index (χ4n) is 5.56. The number of hydrogen-bond donors (Lipinski definition) is 1. The minimum Gasteiger partial charge on any atom is -0.486 e. The molecule has 1 N–H and O–H groups in total. The first kappa shape index (κ1) is 30.1. The predicted octanol–water partition coefficient (Wildman–Crippen LogP) is 5.54. The molecule has 11 nitrogen and oxygen atoms in total. The summed E-state index contributed by atoms with van der Waals surface area (Å²) in [5.74, 6) is 0.906. The van der Waals surface area contributed by atoms with E-state index < -0.39 is 5.97 Å². The Morgan fingerprint density at radius 2 is 1.96 bits per heavy atom. The zero-order valence-corrected chi connectivity index (χ0v) is 25.5. The van der Waals surface area contributed by atoms with Gasteiger partial charge in [0.2, 0.25) is 5.88 Å². The number of benzene rings is 2. The van der Waals surface area contributed by atoms with Crippen LogP contribution in [-0.4, -0.2) is 59.3 Å². The van der Waals surface area contributed by atoms with Gasteiger partial charge in [-0.3, -0.25) is 4.90 Å². The largest absolute Gasteiger partial charge is 0.486 e. The molecule has 0 spiro atoms. The van der Waals surface area contributed by atoms with Crippen molar-refractivity contribution in [2.45, 2.75) is 52.1 Å². The molecule has 5 aromatic rings. The Morgan fingerprint density at radius 1 is 1.11 bits per heavy atom. The number of aryl methyl sites for hydroxylation is 1. The van der Waals surface area contributed by atoms with Crippen LogP contribution in [-0.2, 0) is 26.2 Å². The first-order chi connectivity index (χ1) is 21.9. The van der Waals surface area contributed by atoms with Gasteiger partial charge in [-0.05, 0) is 62.2 Å². The lowest BCUT2D eigenvalue weighted by molar-refractivity contribution is 0.0697. The number of nitriles is 1. The van der Waals surface area contributed by atoms with Crippen molar-refractivity contribution in [1.29, 1.82) is 5.26 Å². The molecule has 12 heteroatoms. The lowest BCUT2D eigenvalue weighted by atomic mass is 10.1. The molecular formula is C33H32ClN7O4. The summed E-state index contributed by atoms with van der Waals surface area (Å²) >= 11 is 5.99. The van der Waals surface area contributed by atoms with Crippen molar-refractivity contribution in [3.63, 3.8) is 0 Å². The van der Waals surface area contributed by atoms with Gasteiger partial charge in [-0.25, -0.2) is 19.7 Å². The number of hydrogen-bond acceptors (Lipinski definition) is 8. The van der Waals surface area contributed by atoms with Crippen molar-refractivity contribution < 1.29 is 19.4 Å². The van der Waals surface area contributed by atoms with Gasteiger partial charge in [0.15, 0.2) is 0 Å². The topological polar surface area (TPSA) is 131 Å². The van der Waals surface area contributed by atoms with Crippen LogP contribution in [0.4, 0.5) is 0 Å². The number of rotatable bonds is 11. The number of pyridine rings is 1. The molecular weight excluding hydrogens is 594 g/mol. The minimum atomic E-state index is -0.964. The van der Waals surface area contributed by atoms with Gasteiger partial charge >= 0.3 is 5.97 Å². The molecule has 0 amide bonds. The highest BCUT2D eigenvalue weighted by molar-refractivity contribution is 6.30. The Bertz CT molecular complexity index is 1870. The number of carboxylic acid groups (broad SMARTS) is 1. The number of halogens is 1. The maximum atomic E-state index is 11.7. The SMILES string of the molecule is CCn1cncc1Cn1c(CN2CCC(Oc3cccc(COc4ccc(Cl)cc4C#N)n3)CC2)nc2ccc(C(=O)O)cc21. The number of carbonyl (C=O) groups is 1. The van der Waals surface area contributed by atoms with Crippen LogP contribution < -0.4 is 9.47 Å². The van der Waals surface area contributed by atoms with E-state index in [0.29, 0.717) is 41.0 Å². The molecule has 0 unspecified atom stereocenters. The van der Waals surface area contributed by atoms with Crippen molar-refractivity contribution in [2.75, 3.05) is 13.1 Å². The quantitative estimate of drug-likeness (QED) is 0.201. The fourth-order valence-corrected chi connectivity index (χ4v) is 5.73. The van der Waals surface area contributed by atoms with Crippen LogP contribution in [0, 0.1) is 11.3 Å². The Labute approximate surface area is 265 Å². The number of nitrogens with zero attached hydrogens (tertiary/aromatic N) is 7. The fraction of sp³-hybridized carbons (Fsp3) is 0.303. The second kappa shape index (κ2) is 13.4. The third-order valence-electron chi connectivity index (χ3n) is 7.94. The second-order valence-corrected chi connectivity index (χ2v) is 11.3. The van der Waals surface area contributed by atoms with Gasteiger partial charge in [-0.1, -0.05) is 17.7 Å². The summed E-state index contributed by atoms with van der Waals surface area (Å²) in [4.78, 5) is 27.9. The Morgan fingerprint density at radius 3 is 2.73 bits per heavy atom. The highest BCUT2D eigenvalue weighted by Gasteiger charge is 2.24. The molecule has 1 saturated heterocycles. The van der Waals surface area contributed by atoms with Gasteiger partial charge in [0.25, 0.3) is 0 Å². The molecule has 0 bridgehead atoms. The van der Waals surface area contributed by atoms with E-state index in [1.807, 2.05) is 30.7 Å². The zero-order valence-electron chi connectivity index (χ0n) is 24.8. The van der Waals surface area contributed by atoms with E-state index in [1.54, 1.807) is 36.4 Å². The molecule has 3 aromatic heterocycles. The van der Waals surface area contributed by atoms with Crippen molar-refractivity contribution in [2.24, 2.45) is 0 Å². The minimum absolute atomic E-state index is 0.0159. The summed E-state index contributed by atoms with van der Waals surface area (Å²) in [6.45, 7) is 5.86. The van der Waals surface area contributed by atoms with Gasteiger partial charge in [-0.15, -0.1) is 0 Å². The third kappa shape index (κ3) is 6.93. The summed E-state index contributed by atoms with van der Waals surface area (Å²) in [7, 11) is 0. The predicted molar refractivity (Wildman–Crippen MR) is 167 cm³/mol. The van der Waals surface area contributed by atoms with Crippen LogP contribution in [0.1, 0.15) is 52.9 Å². The maximum Gasteiger partial charge on any atom is 0.335 e. The average Bonchev–Trinajstić information content (AvgIpc) is 3.65. The Hall–Kier alpha value is -4.92. The Kier molecular flexibility index (Phi) is 8.96. The number of aromatic nitrogens is 5. The molecule has 0 atom stereocenters. The number of likely N-dealkylation sites (tertiary alicyclic amines) is 1. The van der Waals surface area contributed by atoms with Crippen molar-refractivity contribution in [3.05, 3.63) is 100 Å². The monoisotopic (exact) mass is 625 g/mol. The number of piperidine rings is 1. The molecule has 1 aliphatic rings. The average molecular weight is 626 g/mol. The third-order valence-corrected chi connectivity index (χ3v) is 8.17. The van der Waals surface area contributed by atoms with Gasteiger partial charge in [0.05, 0.1) is 53.0 Å². The van der Waals surface area contributed by atoms with Crippen LogP contribution in [0.15, 0.2) is 67.1 Å². The van der Waals surface area contributed by atoms with Gasteiger partial charge < -0.3 is 23.7 Å². The number of fused-ring (bicyclic) bond motifs is 1. The van der Waals surface area contributed by atoms with Crippen LogP contribution in [0.3, 0.4) is 0 Å². The van der Waals surface area contributed by atoms with E-state index in [2.05, 4.69) is 37.0 Å².